The molecule has 226 valence electrons. The van der Waals surface area contributed by atoms with Crippen molar-refractivity contribution in [1.29, 1.82) is 0 Å². The van der Waals surface area contributed by atoms with E-state index in [1.54, 1.807) is 34.5 Å². The lowest BCUT2D eigenvalue weighted by atomic mass is 9.96. The minimum Gasteiger partial charge on any atom is -0.444 e. The molecule has 2 saturated heterocycles. The number of benzene rings is 2. The number of H-pyrrole nitrogens is 1. The van der Waals surface area contributed by atoms with E-state index in [0.29, 0.717) is 39.1 Å². The third-order valence-corrected chi connectivity index (χ3v) is 10.2. The van der Waals surface area contributed by atoms with Crippen molar-refractivity contribution in [3.8, 4) is 11.3 Å². The number of rotatable bonds is 4. The van der Waals surface area contributed by atoms with Gasteiger partial charge in [-0.25, -0.2) is 4.79 Å². The molecule has 0 radical (unpaired) electrons. The van der Waals surface area contributed by atoms with Crippen LogP contribution in [0.3, 0.4) is 0 Å². The van der Waals surface area contributed by atoms with E-state index >= 15 is 0 Å². The first-order chi connectivity index (χ1) is 20.6. The van der Waals surface area contributed by atoms with E-state index in [1.165, 1.54) is 0 Å². The number of hydrogen-bond donors (Lipinski definition) is 2. The van der Waals surface area contributed by atoms with Gasteiger partial charge in [0.2, 0.25) is 11.5 Å². The molecule has 0 unspecified atom stereocenters. The Kier molecular flexibility index (Phi) is 8.48. The molecule has 9 nitrogen and oxygen atoms in total. The summed E-state index contributed by atoms with van der Waals surface area (Å²) in [7, 11) is 0. The molecular weight excluding hydrogens is 585 g/mol. The van der Waals surface area contributed by atoms with Gasteiger partial charge in [0, 0.05) is 74.7 Å². The highest BCUT2D eigenvalue weighted by molar-refractivity contribution is 8.05. The number of piperidine rings is 1. The van der Waals surface area contributed by atoms with E-state index in [2.05, 4.69) is 33.4 Å². The monoisotopic (exact) mass is 620 g/mol. The van der Waals surface area contributed by atoms with Gasteiger partial charge in [0.1, 0.15) is 5.60 Å². The Bertz CT molecular complexity index is 1590. The van der Waals surface area contributed by atoms with Crippen LogP contribution in [0.25, 0.3) is 11.3 Å². The summed E-state index contributed by atoms with van der Waals surface area (Å²) in [6.07, 6.45) is 0.882. The second-order valence-electron chi connectivity index (χ2n) is 11.9. The average molecular weight is 621 g/mol. The van der Waals surface area contributed by atoms with E-state index in [1.807, 2.05) is 45.0 Å². The molecule has 0 atom stereocenters. The Labute approximate surface area is 259 Å². The maximum absolute atomic E-state index is 13.1. The predicted octanol–water partition coefficient (Wildman–Crippen LogP) is 6.08. The van der Waals surface area contributed by atoms with Crippen LogP contribution in [0, 0.1) is 5.92 Å². The fourth-order valence-electron chi connectivity index (χ4n) is 5.46. The molecule has 3 aliphatic rings. The number of morpholine rings is 1. The maximum Gasteiger partial charge on any atom is 0.410 e. The van der Waals surface area contributed by atoms with Crippen molar-refractivity contribution in [2.45, 2.75) is 58.8 Å². The molecule has 0 spiro atoms. The summed E-state index contributed by atoms with van der Waals surface area (Å²) in [4.78, 5) is 49.4. The number of hydrogen-bond acceptors (Lipinski definition) is 8. The van der Waals surface area contributed by atoms with Gasteiger partial charge in [0.15, 0.2) is 0 Å². The number of amides is 2. The van der Waals surface area contributed by atoms with Gasteiger partial charge < -0.3 is 29.6 Å². The standard InChI is InChI=1S/C32H36N4O5S2/c1-32(2,3)41-31(39)36-11-9-20(10-12-36)30(38)33-21-7-8-25-27(17-21)42-26-6-4-5-23(29(26)43-25)24-18-22(19-28(37)34-24)35-13-15-40-16-14-35/h4-8,17-20H,9-16H2,1-3H3,(H,33,38)(H,34,37). The normalized spacial score (nSPS) is 17.2. The third-order valence-electron chi connectivity index (χ3n) is 7.64. The van der Waals surface area contributed by atoms with E-state index in [4.69, 9.17) is 9.47 Å². The molecule has 43 heavy (non-hydrogen) atoms. The van der Waals surface area contributed by atoms with E-state index in [9.17, 15) is 14.4 Å². The second kappa shape index (κ2) is 12.3. The van der Waals surface area contributed by atoms with E-state index < -0.39 is 5.60 Å². The van der Waals surface area contributed by atoms with Gasteiger partial charge in [-0.1, -0.05) is 35.7 Å². The maximum atomic E-state index is 13.1. The zero-order valence-corrected chi connectivity index (χ0v) is 26.2. The van der Waals surface area contributed by atoms with Gasteiger partial charge in [0.05, 0.1) is 18.9 Å². The summed E-state index contributed by atoms with van der Waals surface area (Å²) >= 11 is 3.34. The summed E-state index contributed by atoms with van der Waals surface area (Å²) in [6.45, 7) is 9.40. The smallest absolute Gasteiger partial charge is 0.410 e. The van der Waals surface area contributed by atoms with Crippen LogP contribution in [0.15, 0.2) is 72.9 Å². The van der Waals surface area contributed by atoms with E-state index in [-0.39, 0.29) is 23.5 Å². The Hall–Kier alpha value is -3.41. The minimum absolute atomic E-state index is 0.0240. The van der Waals surface area contributed by atoms with Crippen LogP contribution in [0.5, 0.6) is 0 Å². The molecule has 0 bridgehead atoms. The topological polar surface area (TPSA) is 104 Å². The molecule has 3 aromatic rings. The van der Waals surface area contributed by atoms with Crippen LogP contribution in [0.2, 0.25) is 0 Å². The fraction of sp³-hybridized carbons (Fsp3) is 0.406. The Balaban J connectivity index is 1.13. The summed E-state index contributed by atoms with van der Waals surface area (Å²) in [5.74, 6) is -0.181. The average Bonchev–Trinajstić information content (AvgIpc) is 2.99. The number of aromatic nitrogens is 1. The third kappa shape index (κ3) is 6.89. The van der Waals surface area contributed by atoms with Crippen molar-refractivity contribution in [2.75, 3.05) is 49.6 Å². The van der Waals surface area contributed by atoms with Crippen LogP contribution < -0.4 is 15.8 Å². The Morgan fingerprint density at radius 2 is 1.72 bits per heavy atom. The number of pyridine rings is 1. The predicted molar refractivity (Wildman–Crippen MR) is 169 cm³/mol. The Morgan fingerprint density at radius 3 is 2.47 bits per heavy atom. The molecule has 4 heterocycles. The summed E-state index contributed by atoms with van der Waals surface area (Å²) in [6, 6.07) is 15.9. The molecule has 3 aliphatic heterocycles. The molecule has 2 fully saturated rings. The number of aromatic amines is 1. The van der Waals surface area contributed by atoms with E-state index in [0.717, 1.165) is 55.3 Å². The molecule has 11 heteroatoms. The molecule has 2 aromatic carbocycles. The quantitative estimate of drug-likeness (QED) is 0.283. The lowest BCUT2D eigenvalue weighted by Crippen LogP contribution is -2.43. The number of likely N-dealkylation sites (tertiary alicyclic amines) is 1. The lowest BCUT2D eigenvalue weighted by molar-refractivity contribution is -0.121. The van der Waals surface area contributed by atoms with Crippen LogP contribution in [-0.2, 0) is 14.3 Å². The lowest BCUT2D eigenvalue weighted by Gasteiger charge is -2.33. The number of nitrogens with one attached hydrogen (secondary N) is 2. The number of carbonyl (C=O) groups excluding carboxylic acids is 2. The van der Waals surface area contributed by atoms with Crippen LogP contribution in [0.1, 0.15) is 33.6 Å². The van der Waals surface area contributed by atoms with Gasteiger partial charge in [0.25, 0.3) is 0 Å². The highest BCUT2D eigenvalue weighted by Gasteiger charge is 2.30. The molecule has 1 aromatic heterocycles. The van der Waals surface area contributed by atoms with Crippen molar-refractivity contribution in [2.24, 2.45) is 5.92 Å². The van der Waals surface area contributed by atoms with Gasteiger partial charge in [-0.3, -0.25) is 9.59 Å². The highest BCUT2D eigenvalue weighted by Crippen LogP contribution is 2.52. The minimum atomic E-state index is -0.539. The van der Waals surface area contributed by atoms with Crippen LogP contribution in [-0.4, -0.2) is 66.9 Å². The van der Waals surface area contributed by atoms with Crippen LogP contribution >= 0.6 is 23.5 Å². The van der Waals surface area contributed by atoms with Gasteiger partial charge in [-0.05, 0) is 63.9 Å². The van der Waals surface area contributed by atoms with Crippen molar-refractivity contribution in [3.05, 3.63) is 58.9 Å². The van der Waals surface area contributed by atoms with Crippen molar-refractivity contribution < 1.29 is 19.1 Å². The van der Waals surface area contributed by atoms with Crippen molar-refractivity contribution in [1.82, 2.24) is 9.88 Å². The van der Waals surface area contributed by atoms with Crippen molar-refractivity contribution >= 4 is 46.9 Å². The Morgan fingerprint density at radius 1 is 0.953 bits per heavy atom. The number of ether oxygens (including phenoxy) is 2. The van der Waals surface area contributed by atoms with Gasteiger partial charge in [-0.2, -0.15) is 0 Å². The fourth-order valence-corrected chi connectivity index (χ4v) is 7.88. The zero-order chi connectivity index (χ0) is 30.1. The molecule has 0 aliphatic carbocycles. The molecule has 0 saturated carbocycles. The zero-order valence-electron chi connectivity index (χ0n) is 24.6. The second-order valence-corrected chi connectivity index (χ2v) is 14.1. The number of carbonyl (C=O) groups is 2. The number of nitrogens with zero attached hydrogens (tertiary/aromatic N) is 2. The van der Waals surface area contributed by atoms with Crippen molar-refractivity contribution in [3.63, 3.8) is 0 Å². The van der Waals surface area contributed by atoms with Gasteiger partial charge in [-0.15, -0.1) is 0 Å². The molecular formula is C32H36N4O5S2. The first kappa shape index (κ1) is 29.7. The van der Waals surface area contributed by atoms with Gasteiger partial charge >= 0.3 is 6.09 Å². The molecule has 6 rings (SSSR count). The largest absolute Gasteiger partial charge is 0.444 e. The molecule has 2 amide bonds. The number of fused-ring (bicyclic) bond motifs is 2. The highest BCUT2D eigenvalue weighted by atomic mass is 32.2. The first-order valence-corrected chi connectivity index (χ1v) is 16.3. The summed E-state index contributed by atoms with van der Waals surface area (Å²) in [5, 5.41) is 3.10. The molecule has 2 N–H and O–H groups in total. The summed E-state index contributed by atoms with van der Waals surface area (Å²) in [5.41, 5.74) is 2.79. The SMILES string of the molecule is CC(C)(C)OC(=O)N1CCC(C(=O)Nc2ccc3c(c2)Sc2cccc(-c4cc(N5CCOCC5)cc(=O)[nH]4)c2S3)CC1. The summed E-state index contributed by atoms with van der Waals surface area (Å²) < 4.78 is 11.0. The first-order valence-electron chi connectivity index (χ1n) is 14.6. The number of anilines is 2. The van der Waals surface area contributed by atoms with Crippen LogP contribution in [0.4, 0.5) is 16.2 Å².